The summed E-state index contributed by atoms with van der Waals surface area (Å²) in [5.41, 5.74) is 2.38. The van der Waals surface area contributed by atoms with E-state index in [1.54, 1.807) is 24.5 Å². The summed E-state index contributed by atoms with van der Waals surface area (Å²) in [4.78, 5) is 15.8. The fourth-order valence-electron chi connectivity index (χ4n) is 1.42. The van der Waals surface area contributed by atoms with Crippen LogP contribution in [0.2, 0.25) is 0 Å². The first-order valence-corrected chi connectivity index (χ1v) is 5.04. The molecular weight excluding hydrogens is 200 g/mol. The van der Waals surface area contributed by atoms with E-state index in [-0.39, 0.29) is 5.91 Å². The maximum absolute atomic E-state index is 11.8. The molecule has 1 N–H and O–H groups in total. The van der Waals surface area contributed by atoms with E-state index in [1.165, 1.54) is 0 Å². The van der Waals surface area contributed by atoms with Crippen LogP contribution in [0.25, 0.3) is 0 Å². The van der Waals surface area contributed by atoms with Gasteiger partial charge in [-0.1, -0.05) is 18.2 Å². The van der Waals surface area contributed by atoms with Crippen LogP contribution in [0.15, 0.2) is 48.8 Å². The maximum atomic E-state index is 11.8. The zero-order valence-electron chi connectivity index (χ0n) is 8.97. The van der Waals surface area contributed by atoms with E-state index in [1.807, 2.05) is 31.2 Å². The Morgan fingerprint density at radius 1 is 1.19 bits per heavy atom. The molecule has 3 heteroatoms. The van der Waals surface area contributed by atoms with Gasteiger partial charge in [0.15, 0.2) is 0 Å². The lowest BCUT2D eigenvalue weighted by Crippen LogP contribution is -2.11. The lowest BCUT2D eigenvalue weighted by Gasteiger charge is -2.04. The summed E-state index contributed by atoms with van der Waals surface area (Å²) < 4.78 is 0. The van der Waals surface area contributed by atoms with E-state index in [0.29, 0.717) is 11.3 Å². The van der Waals surface area contributed by atoms with Gasteiger partial charge in [-0.15, -0.1) is 0 Å². The Morgan fingerprint density at radius 2 is 1.94 bits per heavy atom. The number of aromatic nitrogens is 1. The van der Waals surface area contributed by atoms with E-state index < -0.39 is 0 Å². The minimum absolute atomic E-state index is 0.118. The van der Waals surface area contributed by atoms with Crippen molar-refractivity contribution >= 4 is 11.6 Å². The van der Waals surface area contributed by atoms with Crippen molar-refractivity contribution in [1.82, 2.24) is 4.98 Å². The molecule has 0 aliphatic rings. The number of nitrogens with one attached hydrogen (secondary N) is 1. The molecule has 2 rings (SSSR count). The van der Waals surface area contributed by atoms with E-state index in [4.69, 9.17) is 0 Å². The molecule has 1 amide bonds. The van der Waals surface area contributed by atoms with Crippen molar-refractivity contribution in [3.8, 4) is 0 Å². The molecule has 80 valence electrons. The molecule has 0 unspecified atom stereocenters. The predicted octanol–water partition coefficient (Wildman–Crippen LogP) is 2.64. The molecule has 0 bridgehead atoms. The summed E-state index contributed by atoms with van der Waals surface area (Å²) in [5.74, 6) is -0.118. The summed E-state index contributed by atoms with van der Waals surface area (Å²) in [5, 5.41) is 2.80. The number of carbonyl (C=O) groups is 1. The first-order chi connectivity index (χ1) is 7.75. The van der Waals surface area contributed by atoms with Gasteiger partial charge in [-0.3, -0.25) is 9.78 Å². The summed E-state index contributed by atoms with van der Waals surface area (Å²) in [6.45, 7) is 1.94. The van der Waals surface area contributed by atoms with Crippen molar-refractivity contribution in [2.45, 2.75) is 6.92 Å². The predicted molar refractivity (Wildman–Crippen MR) is 63.4 cm³/mol. The van der Waals surface area contributed by atoms with Crippen molar-refractivity contribution in [2.24, 2.45) is 0 Å². The summed E-state index contributed by atoms with van der Waals surface area (Å²) in [7, 11) is 0. The van der Waals surface area contributed by atoms with Gasteiger partial charge in [0.2, 0.25) is 0 Å². The van der Waals surface area contributed by atoms with Gasteiger partial charge in [0.1, 0.15) is 0 Å². The average Bonchev–Trinajstić information content (AvgIpc) is 2.30. The van der Waals surface area contributed by atoms with Gasteiger partial charge in [0.05, 0.1) is 11.9 Å². The first-order valence-electron chi connectivity index (χ1n) is 5.04. The third-order valence-corrected chi connectivity index (χ3v) is 2.17. The van der Waals surface area contributed by atoms with E-state index in [2.05, 4.69) is 10.3 Å². The van der Waals surface area contributed by atoms with Gasteiger partial charge in [-0.25, -0.2) is 0 Å². The Morgan fingerprint density at radius 3 is 2.62 bits per heavy atom. The van der Waals surface area contributed by atoms with Crippen LogP contribution >= 0.6 is 0 Å². The minimum Gasteiger partial charge on any atom is -0.321 e. The van der Waals surface area contributed by atoms with Crippen LogP contribution in [0, 0.1) is 6.92 Å². The smallest absolute Gasteiger partial charge is 0.255 e. The number of hydrogen-bond donors (Lipinski definition) is 1. The Kier molecular flexibility index (Phi) is 2.96. The molecule has 3 nitrogen and oxygen atoms in total. The highest BCUT2D eigenvalue weighted by molar-refractivity contribution is 6.04. The summed E-state index contributed by atoms with van der Waals surface area (Å²) in [6, 6.07) is 11.0. The Labute approximate surface area is 94.1 Å². The van der Waals surface area contributed by atoms with Gasteiger partial charge in [-0.05, 0) is 30.7 Å². The molecule has 0 aliphatic heterocycles. The monoisotopic (exact) mass is 212 g/mol. The molecule has 0 aliphatic carbocycles. The van der Waals surface area contributed by atoms with Crippen LogP contribution in [0.1, 0.15) is 15.9 Å². The van der Waals surface area contributed by atoms with Crippen molar-refractivity contribution in [3.63, 3.8) is 0 Å². The molecule has 0 spiro atoms. The number of rotatable bonds is 2. The summed E-state index contributed by atoms with van der Waals surface area (Å²) >= 11 is 0. The van der Waals surface area contributed by atoms with Gasteiger partial charge < -0.3 is 5.32 Å². The maximum Gasteiger partial charge on any atom is 0.255 e. The van der Waals surface area contributed by atoms with Crippen molar-refractivity contribution < 1.29 is 4.79 Å². The topological polar surface area (TPSA) is 42.0 Å². The van der Waals surface area contributed by atoms with Crippen LogP contribution < -0.4 is 5.32 Å². The number of pyridine rings is 1. The average molecular weight is 212 g/mol. The Balaban J connectivity index is 2.14. The van der Waals surface area contributed by atoms with Crippen LogP contribution in [-0.4, -0.2) is 10.9 Å². The van der Waals surface area contributed by atoms with Crippen LogP contribution in [0.3, 0.4) is 0 Å². The first kappa shape index (κ1) is 10.4. The highest BCUT2D eigenvalue weighted by Gasteiger charge is 2.04. The molecular formula is C13H12N2O. The van der Waals surface area contributed by atoms with Crippen molar-refractivity contribution in [2.75, 3.05) is 5.32 Å². The summed E-state index contributed by atoms with van der Waals surface area (Å²) in [6.07, 6.45) is 3.38. The van der Waals surface area contributed by atoms with Crippen molar-refractivity contribution in [3.05, 3.63) is 59.9 Å². The molecule has 16 heavy (non-hydrogen) atoms. The number of anilines is 1. The van der Waals surface area contributed by atoms with Crippen molar-refractivity contribution in [1.29, 1.82) is 0 Å². The Hall–Kier alpha value is -2.16. The molecule has 1 heterocycles. The molecule has 0 fully saturated rings. The molecule has 0 atom stereocenters. The molecule has 0 saturated carbocycles. The second kappa shape index (κ2) is 4.57. The fraction of sp³-hybridized carbons (Fsp3) is 0.0769. The third kappa shape index (κ3) is 2.45. The minimum atomic E-state index is -0.118. The number of hydrogen-bond acceptors (Lipinski definition) is 2. The van der Waals surface area contributed by atoms with Crippen LogP contribution in [0.5, 0.6) is 0 Å². The fourth-order valence-corrected chi connectivity index (χ4v) is 1.42. The number of aryl methyl sites for hydroxylation is 1. The van der Waals surface area contributed by atoms with Gasteiger partial charge in [0, 0.05) is 11.8 Å². The van der Waals surface area contributed by atoms with E-state index in [0.717, 1.165) is 5.56 Å². The number of carbonyl (C=O) groups excluding carboxylic acids is 1. The number of benzene rings is 1. The quantitative estimate of drug-likeness (QED) is 0.831. The lowest BCUT2D eigenvalue weighted by atomic mass is 10.2. The molecule has 0 saturated heterocycles. The lowest BCUT2D eigenvalue weighted by molar-refractivity contribution is 0.102. The Bertz CT molecular complexity index is 494. The van der Waals surface area contributed by atoms with Gasteiger partial charge in [0.25, 0.3) is 5.91 Å². The molecule has 1 aromatic carbocycles. The number of amides is 1. The largest absolute Gasteiger partial charge is 0.321 e. The molecule has 0 radical (unpaired) electrons. The SMILES string of the molecule is Cc1cncc(NC(=O)c2ccccc2)c1. The van der Waals surface area contributed by atoms with Gasteiger partial charge in [-0.2, -0.15) is 0 Å². The highest BCUT2D eigenvalue weighted by Crippen LogP contribution is 2.09. The van der Waals surface area contributed by atoms with Crippen LogP contribution in [0.4, 0.5) is 5.69 Å². The number of nitrogens with zero attached hydrogens (tertiary/aromatic N) is 1. The van der Waals surface area contributed by atoms with E-state index >= 15 is 0 Å². The van der Waals surface area contributed by atoms with Gasteiger partial charge >= 0.3 is 0 Å². The highest BCUT2D eigenvalue weighted by atomic mass is 16.1. The normalized spacial score (nSPS) is 9.81. The molecule has 1 aromatic heterocycles. The zero-order chi connectivity index (χ0) is 11.4. The van der Waals surface area contributed by atoms with E-state index in [9.17, 15) is 4.79 Å². The zero-order valence-corrected chi connectivity index (χ0v) is 8.97. The third-order valence-electron chi connectivity index (χ3n) is 2.17. The second-order valence-electron chi connectivity index (χ2n) is 3.57. The second-order valence-corrected chi connectivity index (χ2v) is 3.57. The molecule has 2 aromatic rings. The standard InChI is InChI=1S/C13H12N2O/c1-10-7-12(9-14-8-10)15-13(16)11-5-3-2-4-6-11/h2-9H,1H3,(H,15,16). The van der Waals surface area contributed by atoms with Crippen LogP contribution in [-0.2, 0) is 0 Å².